The zero-order chi connectivity index (χ0) is 14.3. The number of para-hydroxylation sites is 2. The molecule has 1 aromatic rings. The maximum atomic E-state index is 10.7. The van der Waals surface area contributed by atoms with E-state index in [0.29, 0.717) is 12.0 Å². The van der Waals surface area contributed by atoms with Gasteiger partial charge < -0.3 is 15.8 Å². The third-order valence-corrected chi connectivity index (χ3v) is 2.68. The van der Waals surface area contributed by atoms with E-state index in [1.165, 1.54) is 0 Å². The Labute approximate surface area is 115 Å². The van der Waals surface area contributed by atoms with Crippen molar-refractivity contribution in [1.29, 1.82) is 0 Å². The van der Waals surface area contributed by atoms with Crippen molar-refractivity contribution < 1.29 is 9.53 Å². The first-order valence-corrected chi connectivity index (χ1v) is 6.62. The van der Waals surface area contributed by atoms with Gasteiger partial charge in [0.05, 0.1) is 18.7 Å². The highest BCUT2D eigenvalue weighted by molar-refractivity contribution is 5.73. The molecule has 0 fully saturated rings. The van der Waals surface area contributed by atoms with Crippen molar-refractivity contribution >= 4 is 11.6 Å². The monoisotopic (exact) mass is 264 g/mol. The molecule has 0 atom stereocenters. The van der Waals surface area contributed by atoms with E-state index in [2.05, 4.69) is 26.1 Å². The summed E-state index contributed by atoms with van der Waals surface area (Å²) in [5.74, 6) is 0.413. The summed E-state index contributed by atoms with van der Waals surface area (Å²) < 4.78 is 5.57. The van der Waals surface area contributed by atoms with Gasteiger partial charge in [-0.2, -0.15) is 0 Å². The molecule has 0 bridgehead atoms. The van der Waals surface area contributed by atoms with Crippen molar-refractivity contribution in [3.63, 3.8) is 0 Å². The van der Waals surface area contributed by atoms with E-state index in [4.69, 9.17) is 10.5 Å². The van der Waals surface area contributed by atoms with Crippen LogP contribution < -0.4 is 15.8 Å². The summed E-state index contributed by atoms with van der Waals surface area (Å²) in [4.78, 5) is 10.7. The molecule has 0 saturated carbocycles. The topological polar surface area (TPSA) is 64.3 Å². The lowest BCUT2D eigenvalue weighted by Crippen LogP contribution is -2.16. The van der Waals surface area contributed by atoms with Crippen molar-refractivity contribution in [2.75, 3.05) is 18.5 Å². The lowest BCUT2D eigenvalue weighted by atomic mass is 9.92. The van der Waals surface area contributed by atoms with Gasteiger partial charge in [0.25, 0.3) is 0 Å². The molecule has 0 unspecified atom stereocenters. The predicted octanol–water partition coefficient (Wildman–Crippen LogP) is 2.79. The van der Waals surface area contributed by atoms with Crippen LogP contribution in [0.15, 0.2) is 24.3 Å². The summed E-state index contributed by atoms with van der Waals surface area (Å²) in [6.45, 7) is 7.84. The van der Waals surface area contributed by atoms with Crippen LogP contribution in [0.2, 0.25) is 0 Å². The van der Waals surface area contributed by atoms with Gasteiger partial charge in [0, 0.05) is 6.54 Å². The molecule has 1 amide bonds. The molecule has 0 aliphatic rings. The van der Waals surface area contributed by atoms with Crippen LogP contribution in [0.5, 0.6) is 5.75 Å². The molecular formula is C15H24N2O2. The number of carbonyl (C=O) groups excluding carboxylic acids is 1. The first kappa shape index (κ1) is 15.3. The van der Waals surface area contributed by atoms with Crippen LogP contribution in [0, 0.1) is 5.41 Å². The highest BCUT2D eigenvalue weighted by Crippen LogP contribution is 2.25. The second-order valence-corrected chi connectivity index (χ2v) is 5.80. The van der Waals surface area contributed by atoms with Gasteiger partial charge in [-0.05, 0) is 24.0 Å². The van der Waals surface area contributed by atoms with Gasteiger partial charge in [-0.15, -0.1) is 0 Å². The second kappa shape index (κ2) is 7.02. The Kier molecular flexibility index (Phi) is 5.67. The molecule has 0 aliphatic carbocycles. The van der Waals surface area contributed by atoms with Gasteiger partial charge in [0.15, 0.2) is 0 Å². The number of carbonyl (C=O) groups is 1. The zero-order valence-corrected chi connectivity index (χ0v) is 12.0. The largest absolute Gasteiger partial charge is 0.491 e. The molecule has 0 aromatic heterocycles. The van der Waals surface area contributed by atoms with Crippen LogP contribution >= 0.6 is 0 Å². The fourth-order valence-electron chi connectivity index (χ4n) is 1.57. The minimum absolute atomic E-state index is 0.232. The van der Waals surface area contributed by atoms with Crippen molar-refractivity contribution in [1.82, 2.24) is 0 Å². The summed E-state index contributed by atoms with van der Waals surface area (Å²) in [6, 6.07) is 7.73. The van der Waals surface area contributed by atoms with Crippen molar-refractivity contribution in [2.45, 2.75) is 33.6 Å². The lowest BCUT2D eigenvalue weighted by Gasteiger charge is -2.19. The number of anilines is 1. The smallest absolute Gasteiger partial charge is 0.220 e. The van der Waals surface area contributed by atoms with E-state index < -0.39 is 0 Å². The van der Waals surface area contributed by atoms with Gasteiger partial charge in [0.1, 0.15) is 5.75 Å². The molecule has 0 radical (unpaired) electrons. The van der Waals surface area contributed by atoms with Crippen LogP contribution in [0.3, 0.4) is 0 Å². The van der Waals surface area contributed by atoms with Gasteiger partial charge >= 0.3 is 0 Å². The number of nitrogens with two attached hydrogens (primary N) is 1. The summed E-state index contributed by atoms with van der Waals surface area (Å²) in [7, 11) is 0. The molecular weight excluding hydrogens is 240 g/mol. The van der Waals surface area contributed by atoms with Gasteiger partial charge in [0.2, 0.25) is 5.91 Å². The third kappa shape index (κ3) is 6.70. The fraction of sp³-hybridized carbons (Fsp3) is 0.533. The SMILES string of the molecule is CC(C)(C)CCNc1ccccc1OCCC(N)=O. The highest BCUT2D eigenvalue weighted by atomic mass is 16.5. The predicted molar refractivity (Wildman–Crippen MR) is 78.3 cm³/mol. The van der Waals surface area contributed by atoms with E-state index in [1.807, 2.05) is 24.3 Å². The number of hydrogen-bond donors (Lipinski definition) is 2. The minimum atomic E-state index is -0.349. The molecule has 1 rings (SSSR count). The Morgan fingerprint density at radius 1 is 1.32 bits per heavy atom. The molecule has 0 spiro atoms. The molecule has 0 heterocycles. The zero-order valence-electron chi connectivity index (χ0n) is 12.0. The van der Waals surface area contributed by atoms with Crippen LogP contribution in [0.25, 0.3) is 0 Å². The average molecular weight is 264 g/mol. The maximum absolute atomic E-state index is 10.7. The lowest BCUT2D eigenvalue weighted by molar-refractivity contribution is -0.118. The van der Waals surface area contributed by atoms with Gasteiger partial charge in [-0.3, -0.25) is 4.79 Å². The molecule has 0 aliphatic heterocycles. The molecule has 106 valence electrons. The number of primary amides is 1. The average Bonchev–Trinajstić information content (AvgIpc) is 2.29. The standard InChI is InChI=1S/C15H24N2O2/c1-15(2,3)9-10-17-12-6-4-5-7-13(12)19-11-8-14(16)18/h4-7,17H,8-11H2,1-3H3,(H2,16,18). The fourth-order valence-corrected chi connectivity index (χ4v) is 1.57. The molecule has 0 saturated heterocycles. The number of hydrogen-bond acceptors (Lipinski definition) is 3. The second-order valence-electron chi connectivity index (χ2n) is 5.80. The minimum Gasteiger partial charge on any atom is -0.491 e. The first-order chi connectivity index (χ1) is 8.88. The van der Waals surface area contributed by atoms with E-state index in [0.717, 1.165) is 24.4 Å². The van der Waals surface area contributed by atoms with Crippen LogP contribution in [0.4, 0.5) is 5.69 Å². The highest BCUT2D eigenvalue weighted by Gasteiger charge is 2.10. The number of nitrogens with one attached hydrogen (secondary N) is 1. The first-order valence-electron chi connectivity index (χ1n) is 6.62. The Hall–Kier alpha value is -1.71. The number of rotatable bonds is 7. The van der Waals surface area contributed by atoms with Crippen LogP contribution in [-0.2, 0) is 4.79 Å². The Morgan fingerprint density at radius 3 is 2.63 bits per heavy atom. The number of benzene rings is 1. The van der Waals surface area contributed by atoms with E-state index in [9.17, 15) is 4.79 Å². The molecule has 3 N–H and O–H groups in total. The molecule has 4 heteroatoms. The third-order valence-electron chi connectivity index (χ3n) is 2.68. The van der Waals surface area contributed by atoms with Gasteiger partial charge in [-0.1, -0.05) is 32.9 Å². The molecule has 19 heavy (non-hydrogen) atoms. The summed E-state index contributed by atoms with van der Waals surface area (Å²) in [5.41, 5.74) is 6.34. The number of amides is 1. The molecule has 4 nitrogen and oxygen atoms in total. The summed E-state index contributed by atoms with van der Waals surface area (Å²) >= 11 is 0. The van der Waals surface area contributed by atoms with E-state index in [-0.39, 0.29) is 12.3 Å². The van der Waals surface area contributed by atoms with E-state index in [1.54, 1.807) is 0 Å². The normalized spacial score (nSPS) is 11.1. The molecule has 1 aromatic carbocycles. The van der Waals surface area contributed by atoms with E-state index >= 15 is 0 Å². The summed E-state index contributed by atoms with van der Waals surface area (Å²) in [5, 5.41) is 3.37. The van der Waals surface area contributed by atoms with Crippen molar-refractivity contribution in [3.05, 3.63) is 24.3 Å². The number of ether oxygens (including phenoxy) is 1. The van der Waals surface area contributed by atoms with Crippen LogP contribution in [-0.4, -0.2) is 19.1 Å². The Bertz CT molecular complexity index is 411. The Balaban J connectivity index is 2.50. The van der Waals surface area contributed by atoms with Crippen molar-refractivity contribution in [3.8, 4) is 5.75 Å². The Morgan fingerprint density at radius 2 is 2.00 bits per heavy atom. The van der Waals surface area contributed by atoms with Crippen LogP contribution in [0.1, 0.15) is 33.6 Å². The van der Waals surface area contributed by atoms with Crippen molar-refractivity contribution in [2.24, 2.45) is 11.1 Å². The van der Waals surface area contributed by atoms with Gasteiger partial charge in [-0.25, -0.2) is 0 Å². The summed E-state index contributed by atoms with van der Waals surface area (Å²) in [6.07, 6.45) is 1.30. The quantitative estimate of drug-likeness (QED) is 0.796. The maximum Gasteiger partial charge on any atom is 0.220 e.